The van der Waals surface area contributed by atoms with Crippen LogP contribution in [-0.2, 0) is 11.3 Å². The molecule has 0 unspecified atom stereocenters. The summed E-state index contributed by atoms with van der Waals surface area (Å²) in [5.74, 6) is 3.57. The summed E-state index contributed by atoms with van der Waals surface area (Å²) in [5, 5.41) is 19.4. The van der Waals surface area contributed by atoms with E-state index in [1.165, 1.54) is 42.6 Å². The lowest BCUT2D eigenvalue weighted by atomic mass is 9.49. The second kappa shape index (κ2) is 7.59. The normalized spacial score (nSPS) is 42.5. The number of aliphatic hydroxyl groups is 1. The highest BCUT2D eigenvalue weighted by atomic mass is 19.1. The van der Waals surface area contributed by atoms with Crippen molar-refractivity contribution in [1.82, 2.24) is 15.0 Å². The molecule has 0 aliphatic heterocycles. The molecule has 0 saturated heterocycles. The molecule has 2 aromatic rings. The van der Waals surface area contributed by atoms with Crippen LogP contribution < -0.4 is 0 Å². The zero-order valence-electron chi connectivity index (χ0n) is 19.8. The molecule has 4 aliphatic carbocycles. The number of halogens is 1. The van der Waals surface area contributed by atoms with E-state index in [9.17, 15) is 14.3 Å². The van der Waals surface area contributed by atoms with Gasteiger partial charge in [-0.15, -0.1) is 0 Å². The van der Waals surface area contributed by atoms with Crippen molar-refractivity contribution in [2.24, 2.45) is 40.9 Å². The Morgan fingerprint density at radius 3 is 2.67 bits per heavy atom. The number of fused-ring (bicyclic) bond motifs is 6. The molecule has 0 spiro atoms. The van der Waals surface area contributed by atoms with E-state index in [1.807, 2.05) is 6.92 Å². The van der Waals surface area contributed by atoms with Crippen LogP contribution in [0.4, 0.5) is 4.39 Å². The zero-order valence-corrected chi connectivity index (χ0v) is 19.8. The lowest BCUT2D eigenvalue weighted by Gasteiger charge is -2.56. The van der Waals surface area contributed by atoms with Gasteiger partial charge in [0.2, 0.25) is 0 Å². The number of hydrogen-bond acceptors (Lipinski definition) is 4. The van der Waals surface area contributed by atoms with Crippen LogP contribution in [0.5, 0.6) is 0 Å². The lowest BCUT2D eigenvalue weighted by Crippen LogP contribution is -2.51. The van der Waals surface area contributed by atoms with Gasteiger partial charge in [0.15, 0.2) is 5.78 Å². The number of aromatic nitrogens is 3. The van der Waals surface area contributed by atoms with Gasteiger partial charge in [-0.3, -0.25) is 4.79 Å². The highest BCUT2D eigenvalue weighted by molar-refractivity contribution is 5.82. The minimum Gasteiger partial charge on any atom is -0.390 e. The predicted octanol–water partition coefficient (Wildman–Crippen LogP) is 5.16. The van der Waals surface area contributed by atoms with E-state index in [2.05, 4.69) is 17.1 Å². The summed E-state index contributed by atoms with van der Waals surface area (Å²) >= 11 is 0. The van der Waals surface area contributed by atoms with E-state index < -0.39 is 5.60 Å². The van der Waals surface area contributed by atoms with Gasteiger partial charge in [0, 0.05) is 12.0 Å². The van der Waals surface area contributed by atoms with Crippen LogP contribution in [-0.4, -0.2) is 31.5 Å². The highest BCUT2D eigenvalue weighted by Crippen LogP contribution is 2.64. The Balaban J connectivity index is 1.18. The van der Waals surface area contributed by atoms with Gasteiger partial charge in [-0.1, -0.05) is 6.92 Å². The Bertz CT molecular complexity index is 1080. The van der Waals surface area contributed by atoms with E-state index in [-0.39, 0.29) is 29.5 Å². The van der Waals surface area contributed by atoms with Crippen molar-refractivity contribution in [3.8, 4) is 0 Å². The van der Waals surface area contributed by atoms with Crippen molar-refractivity contribution in [3.05, 3.63) is 24.0 Å². The van der Waals surface area contributed by atoms with Gasteiger partial charge in [0.1, 0.15) is 23.4 Å². The molecule has 0 bridgehead atoms. The van der Waals surface area contributed by atoms with Crippen LogP contribution in [0, 0.1) is 46.7 Å². The maximum Gasteiger partial charge on any atom is 0.159 e. The fraction of sp³-hybridized carbons (Fsp3) is 0.741. The zero-order chi connectivity index (χ0) is 23.0. The van der Waals surface area contributed by atoms with Crippen LogP contribution >= 0.6 is 0 Å². The fourth-order valence-electron chi connectivity index (χ4n) is 8.86. The molecule has 6 heteroatoms. The number of nitrogens with zero attached hydrogens (tertiary/aromatic N) is 3. The van der Waals surface area contributed by atoms with E-state index in [4.69, 9.17) is 0 Å². The molecule has 0 radical (unpaired) electrons. The van der Waals surface area contributed by atoms with Crippen LogP contribution in [0.1, 0.15) is 71.6 Å². The number of rotatable bonds is 3. The van der Waals surface area contributed by atoms with Crippen molar-refractivity contribution >= 4 is 16.8 Å². The first-order chi connectivity index (χ1) is 15.7. The Morgan fingerprint density at radius 1 is 1.03 bits per heavy atom. The standard InChI is InChI=1S/C27H36FN3O2/c1-26(33)11-9-18-16(14-26)3-5-20-19(18)10-12-27(2)21(20)6-7-22(27)25(32)15-31-29-23-8-4-17(28)13-24(23)30-31/h4,8,13,16,18-22,33H,3,5-7,9-12,14-15H2,1-2H3/t16-,18+,19-,20-,21+,22-,26-,27+/m1/s1. The first-order valence-electron chi connectivity index (χ1n) is 13.0. The summed E-state index contributed by atoms with van der Waals surface area (Å²) in [6, 6.07) is 4.37. The molecule has 4 saturated carbocycles. The maximum absolute atomic E-state index is 13.5. The third-order valence-electron chi connectivity index (χ3n) is 10.3. The topological polar surface area (TPSA) is 68.0 Å². The quantitative estimate of drug-likeness (QED) is 0.697. The molecule has 0 amide bonds. The van der Waals surface area contributed by atoms with Gasteiger partial charge in [0.25, 0.3) is 0 Å². The van der Waals surface area contributed by atoms with Crippen molar-refractivity contribution in [2.75, 3.05) is 0 Å². The number of carbonyl (C=O) groups is 1. The average molecular weight is 454 g/mol. The van der Waals surface area contributed by atoms with Crippen LogP contribution in [0.25, 0.3) is 11.0 Å². The second-order valence-electron chi connectivity index (χ2n) is 12.2. The predicted molar refractivity (Wildman–Crippen MR) is 124 cm³/mol. The monoisotopic (exact) mass is 453 g/mol. The first kappa shape index (κ1) is 21.7. The van der Waals surface area contributed by atoms with Crippen LogP contribution in [0.15, 0.2) is 18.2 Å². The smallest absolute Gasteiger partial charge is 0.159 e. The van der Waals surface area contributed by atoms with E-state index in [1.54, 1.807) is 6.07 Å². The molecule has 178 valence electrons. The van der Waals surface area contributed by atoms with Gasteiger partial charge in [-0.25, -0.2) is 4.39 Å². The number of Topliss-reactive ketones (excluding diaryl/α,β-unsaturated/α-hetero) is 1. The number of benzene rings is 1. The summed E-state index contributed by atoms with van der Waals surface area (Å²) in [4.78, 5) is 14.9. The molecule has 6 rings (SSSR count). The molecular formula is C27H36FN3O2. The molecule has 33 heavy (non-hydrogen) atoms. The maximum atomic E-state index is 13.5. The van der Waals surface area contributed by atoms with Gasteiger partial charge >= 0.3 is 0 Å². The average Bonchev–Trinajstić information content (AvgIpc) is 3.32. The third-order valence-corrected chi connectivity index (χ3v) is 10.3. The molecule has 1 heterocycles. The second-order valence-corrected chi connectivity index (χ2v) is 12.2. The molecule has 1 aromatic heterocycles. The Hall–Kier alpha value is -1.82. The minimum atomic E-state index is -0.473. The molecule has 5 nitrogen and oxygen atoms in total. The van der Waals surface area contributed by atoms with Crippen LogP contribution in [0.3, 0.4) is 0 Å². The SMILES string of the molecule is C[C@@]1(O)CC[C@H]2[C@H](CC[C@@H]3[C@@H]2CC[C@]2(C)[C@@H](C(=O)Cn4nc5ccc(F)cc5n4)CC[C@@H]32)C1. The summed E-state index contributed by atoms with van der Waals surface area (Å²) in [7, 11) is 0. The van der Waals surface area contributed by atoms with Crippen molar-refractivity contribution in [1.29, 1.82) is 0 Å². The van der Waals surface area contributed by atoms with Gasteiger partial charge < -0.3 is 5.11 Å². The van der Waals surface area contributed by atoms with Gasteiger partial charge in [-0.05, 0) is 112 Å². The largest absolute Gasteiger partial charge is 0.390 e. The lowest BCUT2D eigenvalue weighted by molar-refractivity contribution is -0.133. The van der Waals surface area contributed by atoms with Crippen molar-refractivity contribution < 1.29 is 14.3 Å². The number of carbonyl (C=O) groups excluding carboxylic acids is 1. The van der Waals surface area contributed by atoms with E-state index in [0.717, 1.165) is 49.9 Å². The Morgan fingerprint density at radius 2 is 1.82 bits per heavy atom. The minimum absolute atomic E-state index is 0.0686. The summed E-state index contributed by atoms with van der Waals surface area (Å²) in [5.41, 5.74) is 0.730. The fourth-order valence-corrected chi connectivity index (χ4v) is 8.86. The summed E-state index contributed by atoms with van der Waals surface area (Å²) in [6.07, 6.45) is 10.1. The molecule has 4 fully saturated rings. The van der Waals surface area contributed by atoms with Gasteiger partial charge in [-0.2, -0.15) is 15.0 Å². The molecule has 4 aliphatic rings. The first-order valence-corrected chi connectivity index (χ1v) is 13.0. The Labute approximate surface area is 195 Å². The summed E-state index contributed by atoms with van der Waals surface area (Å²) < 4.78 is 13.5. The molecular weight excluding hydrogens is 417 g/mol. The van der Waals surface area contributed by atoms with Crippen molar-refractivity contribution in [3.63, 3.8) is 0 Å². The molecule has 8 atom stereocenters. The molecule has 1 aromatic carbocycles. The molecule has 1 N–H and O–H groups in total. The third kappa shape index (κ3) is 3.55. The highest BCUT2D eigenvalue weighted by Gasteiger charge is 2.58. The van der Waals surface area contributed by atoms with Gasteiger partial charge in [0.05, 0.1) is 5.60 Å². The van der Waals surface area contributed by atoms with Crippen molar-refractivity contribution in [2.45, 2.75) is 83.8 Å². The number of ketones is 1. The van der Waals surface area contributed by atoms with E-state index >= 15 is 0 Å². The number of hydrogen-bond donors (Lipinski definition) is 1. The summed E-state index contributed by atoms with van der Waals surface area (Å²) in [6.45, 7) is 4.58. The van der Waals surface area contributed by atoms with Crippen LogP contribution in [0.2, 0.25) is 0 Å². The van der Waals surface area contributed by atoms with E-state index in [0.29, 0.717) is 22.9 Å². The Kier molecular flexibility index (Phi) is 4.99.